The highest BCUT2D eigenvalue weighted by molar-refractivity contribution is 8.13. The van der Waals surface area contributed by atoms with Crippen LogP contribution >= 0.6 is 10.7 Å². The average molecular weight is 305 g/mol. The molecule has 0 bridgehead atoms. The lowest BCUT2D eigenvalue weighted by molar-refractivity contribution is 0.272. The number of benzene rings is 1. The van der Waals surface area contributed by atoms with Crippen LogP contribution in [0.1, 0.15) is 38.7 Å². The Morgan fingerprint density at radius 2 is 1.79 bits per heavy atom. The minimum absolute atomic E-state index is 0.0699. The van der Waals surface area contributed by atoms with Crippen LogP contribution in [0.15, 0.2) is 24.3 Å². The van der Waals surface area contributed by atoms with Crippen LogP contribution in [0.3, 0.4) is 0 Å². The maximum absolute atomic E-state index is 10.9. The fraction of sp³-hybridized carbons (Fsp3) is 0.571. The third-order valence-corrected chi connectivity index (χ3v) is 4.42. The lowest BCUT2D eigenvalue weighted by atomic mass is 9.99. The highest BCUT2D eigenvalue weighted by Crippen LogP contribution is 2.21. The van der Waals surface area contributed by atoms with Crippen LogP contribution in [0.4, 0.5) is 0 Å². The number of halogens is 1. The van der Waals surface area contributed by atoms with E-state index in [2.05, 4.69) is 13.8 Å². The molecule has 0 saturated carbocycles. The molecule has 1 rings (SSSR count). The van der Waals surface area contributed by atoms with Gasteiger partial charge in [-0.1, -0.05) is 32.9 Å². The minimum Gasteiger partial charge on any atom is -0.493 e. The molecule has 0 N–H and O–H groups in total. The number of rotatable bonds is 7. The summed E-state index contributed by atoms with van der Waals surface area (Å²) in [7, 11) is 1.74. The van der Waals surface area contributed by atoms with Gasteiger partial charge in [0.2, 0.25) is 9.05 Å². The smallest absolute Gasteiger partial charge is 0.232 e. The molecule has 0 radical (unpaired) electrons. The van der Waals surface area contributed by atoms with E-state index >= 15 is 0 Å². The molecular weight excluding hydrogens is 284 g/mol. The van der Waals surface area contributed by atoms with Gasteiger partial charge in [-0.25, -0.2) is 8.42 Å². The molecule has 0 aliphatic carbocycles. The minimum atomic E-state index is -3.46. The van der Waals surface area contributed by atoms with Gasteiger partial charge in [0.1, 0.15) is 5.75 Å². The monoisotopic (exact) mass is 304 g/mol. The van der Waals surface area contributed by atoms with Crippen molar-refractivity contribution in [3.8, 4) is 5.75 Å². The van der Waals surface area contributed by atoms with Crippen molar-refractivity contribution in [1.82, 2.24) is 0 Å². The summed E-state index contributed by atoms with van der Waals surface area (Å²) in [6, 6.07) is 7.94. The topological polar surface area (TPSA) is 43.4 Å². The first-order chi connectivity index (χ1) is 8.81. The predicted molar refractivity (Wildman–Crippen MR) is 79.4 cm³/mol. The molecule has 0 aromatic heterocycles. The average Bonchev–Trinajstić information content (AvgIpc) is 2.34. The van der Waals surface area contributed by atoms with Crippen LogP contribution < -0.4 is 4.74 Å². The summed E-state index contributed by atoms with van der Waals surface area (Å²) in [6.45, 7) is 6.48. The summed E-state index contributed by atoms with van der Waals surface area (Å²) in [4.78, 5) is 0. The third-order valence-electron chi connectivity index (χ3n) is 3.08. The van der Waals surface area contributed by atoms with E-state index in [1.165, 1.54) is 5.56 Å². The molecule has 0 spiro atoms. The standard InChI is InChI=1S/C14H21ClO3S/c1-4-12(3)13-5-7-14(8-6-13)18-9-11(2)10-19(15,16)17/h5-8,11-12H,4,9-10H2,1-3H3. The number of ether oxygens (including phenoxy) is 1. The molecule has 1 aromatic rings. The fourth-order valence-electron chi connectivity index (χ4n) is 1.75. The lowest BCUT2D eigenvalue weighted by Crippen LogP contribution is -2.16. The molecular formula is C14H21ClO3S. The van der Waals surface area contributed by atoms with E-state index in [0.29, 0.717) is 12.5 Å². The number of hydrogen-bond donors (Lipinski definition) is 0. The van der Waals surface area contributed by atoms with Crippen molar-refractivity contribution < 1.29 is 13.2 Å². The van der Waals surface area contributed by atoms with Gasteiger partial charge in [-0.2, -0.15) is 0 Å². The summed E-state index contributed by atoms with van der Waals surface area (Å²) in [5.41, 5.74) is 1.28. The van der Waals surface area contributed by atoms with Crippen LogP contribution in [0.25, 0.3) is 0 Å². The summed E-state index contributed by atoms with van der Waals surface area (Å²) >= 11 is 0. The van der Waals surface area contributed by atoms with Crippen LogP contribution in [-0.4, -0.2) is 20.8 Å². The van der Waals surface area contributed by atoms with Crippen LogP contribution in [0, 0.1) is 5.92 Å². The largest absolute Gasteiger partial charge is 0.493 e. The van der Waals surface area contributed by atoms with Crippen LogP contribution in [-0.2, 0) is 9.05 Å². The Bertz CT molecular complexity index is 482. The second kappa shape index (κ2) is 7.15. The Labute approximate surface area is 120 Å². The second-order valence-corrected chi connectivity index (χ2v) is 7.82. The molecule has 1 aromatic carbocycles. The van der Waals surface area contributed by atoms with Gasteiger partial charge in [-0.3, -0.25) is 0 Å². The summed E-state index contributed by atoms with van der Waals surface area (Å²) in [5, 5.41) is 0. The van der Waals surface area contributed by atoms with Crippen molar-refractivity contribution in [2.45, 2.75) is 33.1 Å². The number of hydrogen-bond acceptors (Lipinski definition) is 3. The zero-order valence-corrected chi connectivity index (χ0v) is 13.2. The highest BCUT2D eigenvalue weighted by atomic mass is 35.7. The van der Waals surface area contributed by atoms with Gasteiger partial charge in [0.25, 0.3) is 0 Å². The Kier molecular flexibility index (Phi) is 6.14. The zero-order valence-electron chi connectivity index (χ0n) is 11.6. The van der Waals surface area contributed by atoms with Gasteiger partial charge in [-0.05, 0) is 30.0 Å². The molecule has 0 saturated heterocycles. The molecule has 0 aliphatic rings. The SMILES string of the molecule is CCC(C)c1ccc(OCC(C)CS(=O)(=O)Cl)cc1. The predicted octanol–water partition coefficient (Wildman–Crippen LogP) is 3.78. The van der Waals surface area contributed by atoms with Gasteiger partial charge < -0.3 is 4.74 Å². The Balaban J connectivity index is 2.50. The van der Waals surface area contributed by atoms with E-state index in [0.717, 1.165) is 12.2 Å². The van der Waals surface area contributed by atoms with Crippen LogP contribution in [0.5, 0.6) is 5.75 Å². The summed E-state index contributed by atoms with van der Waals surface area (Å²) in [6.07, 6.45) is 1.10. The Morgan fingerprint density at radius 1 is 1.21 bits per heavy atom. The van der Waals surface area contributed by atoms with E-state index in [1.54, 1.807) is 6.92 Å². The van der Waals surface area contributed by atoms with E-state index in [1.807, 2.05) is 24.3 Å². The third kappa shape index (κ3) is 6.30. The molecule has 19 heavy (non-hydrogen) atoms. The first-order valence-corrected chi connectivity index (χ1v) is 8.94. The van der Waals surface area contributed by atoms with Crippen molar-refractivity contribution >= 4 is 19.7 Å². The fourth-order valence-corrected chi connectivity index (χ4v) is 3.18. The van der Waals surface area contributed by atoms with E-state index < -0.39 is 9.05 Å². The van der Waals surface area contributed by atoms with Gasteiger partial charge in [-0.15, -0.1) is 0 Å². The van der Waals surface area contributed by atoms with Gasteiger partial charge >= 0.3 is 0 Å². The molecule has 0 fully saturated rings. The first kappa shape index (κ1) is 16.3. The Morgan fingerprint density at radius 3 is 2.26 bits per heavy atom. The van der Waals surface area contributed by atoms with E-state index in [4.69, 9.17) is 15.4 Å². The molecule has 108 valence electrons. The molecule has 0 amide bonds. The van der Waals surface area contributed by atoms with Crippen molar-refractivity contribution in [3.63, 3.8) is 0 Å². The van der Waals surface area contributed by atoms with Gasteiger partial charge in [0.05, 0.1) is 12.4 Å². The van der Waals surface area contributed by atoms with E-state index in [-0.39, 0.29) is 11.7 Å². The second-order valence-electron chi connectivity index (χ2n) is 5.00. The Hall–Kier alpha value is -0.740. The van der Waals surface area contributed by atoms with Gasteiger partial charge in [0.15, 0.2) is 0 Å². The van der Waals surface area contributed by atoms with Crippen molar-refractivity contribution in [1.29, 1.82) is 0 Å². The maximum atomic E-state index is 10.9. The van der Waals surface area contributed by atoms with Gasteiger partial charge in [0, 0.05) is 16.6 Å². The molecule has 2 unspecified atom stereocenters. The lowest BCUT2D eigenvalue weighted by Gasteiger charge is -2.13. The summed E-state index contributed by atoms with van der Waals surface area (Å²) < 4.78 is 27.4. The summed E-state index contributed by atoms with van der Waals surface area (Å²) in [5.74, 6) is 1.09. The molecule has 3 nitrogen and oxygen atoms in total. The molecule has 5 heteroatoms. The van der Waals surface area contributed by atoms with Crippen molar-refractivity contribution in [2.24, 2.45) is 5.92 Å². The molecule has 2 atom stereocenters. The molecule has 0 aliphatic heterocycles. The van der Waals surface area contributed by atoms with Crippen molar-refractivity contribution in [3.05, 3.63) is 29.8 Å². The highest BCUT2D eigenvalue weighted by Gasteiger charge is 2.13. The van der Waals surface area contributed by atoms with E-state index in [9.17, 15) is 8.42 Å². The zero-order chi connectivity index (χ0) is 14.5. The normalized spacial score (nSPS) is 14.9. The van der Waals surface area contributed by atoms with Crippen LogP contribution in [0.2, 0.25) is 0 Å². The molecule has 0 heterocycles. The first-order valence-electron chi connectivity index (χ1n) is 6.47. The quantitative estimate of drug-likeness (QED) is 0.720. The van der Waals surface area contributed by atoms with Crippen molar-refractivity contribution in [2.75, 3.05) is 12.4 Å². The maximum Gasteiger partial charge on any atom is 0.232 e.